The number of aromatic nitrogens is 5. The van der Waals surface area contributed by atoms with E-state index in [0.717, 1.165) is 29.8 Å². The largest absolute Gasteiger partial charge is 0.465 e. The molecule has 0 radical (unpaired) electrons. The van der Waals surface area contributed by atoms with Crippen molar-refractivity contribution in [3.05, 3.63) is 29.8 Å². The highest BCUT2D eigenvalue weighted by Crippen LogP contribution is 2.33. The Balaban J connectivity index is 1.90. The number of carbonyl (C=O) groups excluding carboxylic acids is 1. The lowest BCUT2D eigenvalue weighted by molar-refractivity contribution is -0.145. The molecule has 98 valence electrons. The van der Waals surface area contributed by atoms with Gasteiger partial charge in [-0.05, 0) is 41.8 Å². The summed E-state index contributed by atoms with van der Waals surface area (Å²) < 4.78 is 6.62. The van der Waals surface area contributed by atoms with Gasteiger partial charge < -0.3 is 4.74 Å². The molecule has 1 aliphatic rings. The predicted molar refractivity (Wildman–Crippen MR) is 64.6 cm³/mol. The number of tetrazole rings is 1. The van der Waals surface area contributed by atoms with Crippen molar-refractivity contribution < 1.29 is 9.53 Å². The molecule has 19 heavy (non-hydrogen) atoms. The number of esters is 1. The van der Waals surface area contributed by atoms with Crippen LogP contribution in [0.4, 0.5) is 0 Å². The number of rotatable bonds is 3. The van der Waals surface area contributed by atoms with Crippen LogP contribution in [0.5, 0.6) is 0 Å². The number of hydrogen-bond donors (Lipinski definition) is 0. The molecule has 1 aliphatic carbocycles. The number of aryl methyl sites for hydroxylation is 1. The molecule has 1 unspecified atom stereocenters. The van der Waals surface area contributed by atoms with Crippen molar-refractivity contribution >= 4 is 5.97 Å². The zero-order valence-electron chi connectivity index (χ0n) is 10.5. The van der Waals surface area contributed by atoms with Crippen LogP contribution in [0.1, 0.15) is 30.5 Å². The summed E-state index contributed by atoms with van der Waals surface area (Å²) in [6.07, 6.45) is 4.76. The third-order valence-electron chi connectivity index (χ3n) is 3.20. The molecule has 0 amide bonds. The van der Waals surface area contributed by atoms with Gasteiger partial charge in [0, 0.05) is 0 Å². The Bertz CT molecular complexity index is 596. The number of nitrogens with zero attached hydrogens (tertiary/aromatic N) is 5. The molecule has 0 spiro atoms. The van der Waals surface area contributed by atoms with Crippen molar-refractivity contribution in [2.24, 2.45) is 0 Å². The molecule has 2 aromatic heterocycles. The zero-order chi connectivity index (χ0) is 13.2. The van der Waals surface area contributed by atoms with Crippen LogP contribution in [-0.4, -0.2) is 37.8 Å². The molecule has 7 nitrogen and oxygen atoms in total. The zero-order valence-corrected chi connectivity index (χ0v) is 10.5. The van der Waals surface area contributed by atoms with Crippen molar-refractivity contribution in [1.82, 2.24) is 25.2 Å². The first-order valence-electron chi connectivity index (χ1n) is 6.18. The molecule has 0 fully saturated rings. The van der Waals surface area contributed by atoms with Gasteiger partial charge in [0.2, 0.25) is 0 Å². The van der Waals surface area contributed by atoms with Crippen molar-refractivity contribution in [2.45, 2.75) is 25.7 Å². The minimum absolute atomic E-state index is 0.191. The molecule has 7 heteroatoms. The normalized spacial score (nSPS) is 17.2. The van der Waals surface area contributed by atoms with Gasteiger partial charge in [0.05, 0.1) is 30.1 Å². The summed E-state index contributed by atoms with van der Waals surface area (Å²) >= 11 is 0. The molecule has 0 aromatic carbocycles. The molecule has 0 saturated carbocycles. The summed E-state index contributed by atoms with van der Waals surface area (Å²) in [5.74, 6) is -0.429. The third kappa shape index (κ3) is 2.07. The van der Waals surface area contributed by atoms with Crippen molar-refractivity contribution in [1.29, 1.82) is 0 Å². The van der Waals surface area contributed by atoms with Crippen LogP contribution in [0, 0.1) is 0 Å². The van der Waals surface area contributed by atoms with Gasteiger partial charge in [0.15, 0.2) is 0 Å². The van der Waals surface area contributed by atoms with Crippen LogP contribution in [0.25, 0.3) is 5.69 Å². The van der Waals surface area contributed by atoms with Crippen LogP contribution in [0.2, 0.25) is 0 Å². The van der Waals surface area contributed by atoms with Crippen molar-refractivity contribution in [3.8, 4) is 5.69 Å². The molecule has 2 aromatic rings. The lowest BCUT2D eigenvalue weighted by Crippen LogP contribution is -2.14. The average Bonchev–Trinajstić information content (AvgIpc) is 3.07. The monoisotopic (exact) mass is 259 g/mol. The van der Waals surface area contributed by atoms with Gasteiger partial charge in [-0.25, -0.2) is 0 Å². The maximum absolute atomic E-state index is 11.8. The second-order valence-electron chi connectivity index (χ2n) is 4.34. The van der Waals surface area contributed by atoms with E-state index < -0.39 is 0 Å². The highest BCUT2D eigenvalue weighted by atomic mass is 16.5. The van der Waals surface area contributed by atoms with E-state index >= 15 is 0 Å². The fourth-order valence-corrected chi connectivity index (χ4v) is 2.34. The van der Waals surface area contributed by atoms with Gasteiger partial charge in [-0.1, -0.05) is 0 Å². The second-order valence-corrected chi connectivity index (χ2v) is 4.34. The van der Waals surface area contributed by atoms with Gasteiger partial charge in [-0.15, -0.1) is 5.10 Å². The van der Waals surface area contributed by atoms with Gasteiger partial charge in [0.25, 0.3) is 0 Å². The highest BCUT2D eigenvalue weighted by Gasteiger charge is 2.31. The minimum Gasteiger partial charge on any atom is -0.465 e. The summed E-state index contributed by atoms with van der Waals surface area (Å²) in [5.41, 5.74) is 2.68. The first-order valence-corrected chi connectivity index (χ1v) is 6.18. The quantitative estimate of drug-likeness (QED) is 0.753. The number of hydrogen-bond acceptors (Lipinski definition) is 6. The van der Waals surface area contributed by atoms with E-state index in [2.05, 4.69) is 20.5 Å². The number of carbonyl (C=O) groups is 1. The van der Waals surface area contributed by atoms with E-state index in [1.807, 2.05) is 13.0 Å². The van der Waals surface area contributed by atoms with Crippen LogP contribution in [-0.2, 0) is 16.0 Å². The van der Waals surface area contributed by atoms with Gasteiger partial charge in [-0.3, -0.25) is 9.78 Å². The summed E-state index contributed by atoms with van der Waals surface area (Å²) in [6.45, 7) is 2.20. The van der Waals surface area contributed by atoms with E-state index in [-0.39, 0.29) is 11.9 Å². The van der Waals surface area contributed by atoms with E-state index in [9.17, 15) is 4.79 Å². The average molecular weight is 259 g/mol. The lowest BCUT2D eigenvalue weighted by Gasteiger charge is -2.09. The molecule has 0 aliphatic heterocycles. The SMILES string of the molecule is CCOC(=O)C1CCc2cc(-n3cnnn3)cnc21. The standard InChI is InChI=1S/C12H13N5O2/c1-2-19-12(18)10-4-3-8-5-9(6-13-11(8)10)17-7-14-15-16-17/h5-7,10H,2-4H2,1H3. The van der Waals surface area contributed by atoms with Gasteiger partial charge in [-0.2, -0.15) is 4.68 Å². The number of pyridine rings is 1. The fraction of sp³-hybridized carbons (Fsp3) is 0.417. The van der Waals surface area contributed by atoms with E-state index in [0.29, 0.717) is 6.61 Å². The molecule has 2 heterocycles. The Morgan fingerprint density at radius 1 is 1.58 bits per heavy atom. The van der Waals surface area contributed by atoms with Crippen molar-refractivity contribution in [2.75, 3.05) is 6.61 Å². The Labute approximate surface area is 109 Å². The number of fused-ring (bicyclic) bond motifs is 1. The minimum atomic E-state index is -0.238. The molecule has 3 rings (SSSR count). The Morgan fingerprint density at radius 3 is 3.21 bits per heavy atom. The van der Waals surface area contributed by atoms with Crippen LogP contribution >= 0.6 is 0 Å². The summed E-state index contributed by atoms with van der Waals surface area (Å²) in [6, 6.07) is 1.97. The van der Waals surface area contributed by atoms with E-state index in [4.69, 9.17) is 4.74 Å². The molecule has 0 saturated heterocycles. The summed E-state index contributed by atoms with van der Waals surface area (Å²) in [4.78, 5) is 16.2. The van der Waals surface area contributed by atoms with E-state index in [1.54, 1.807) is 10.9 Å². The van der Waals surface area contributed by atoms with Crippen LogP contribution in [0.3, 0.4) is 0 Å². The Morgan fingerprint density at radius 2 is 2.47 bits per heavy atom. The Kier molecular flexibility index (Phi) is 2.94. The molecule has 1 atom stereocenters. The number of ether oxygens (including phenoxy) is 1. The van der Waals surface area contributed by atoms with Crippen LogP contribution in [0.15, 0.2) is 18.6 Å². The van der Waals surface area contributed by atoms with Crippen molar-refractivity contribution in [3.63, 3.8) is 0 Å². The second kappa shape index (κ2) is 4.75. The van der Waals surface area contributed by atoms with Gasteiger partial charge >= 0.3 is 5.97 Å². The smallest absolute Gasteiger partial charge is 0.315 e. The molecule has 0 N–H and O–H groups in total. The summed E-state index contributed by atoms with van der Waals surface area (Å²) in [5, 5.41) is 11.0. The predicted octanol–water partition coefficient (Wildman–Crippen LogP) is 0.650. The first-order chi connectivity index (χ1) is 9.29. The lowest BCUT2D eigenvalue weighted by atomic mass is 10.1. The topological polar surface area (TPSA) is 82.8 Å². The maximum atomic E-state index is 11.8. The third-order valence-corrected chi connectivity index (χ3v) is 3.20. The maximum Gasteiger partial charge on any atom is 0.315 e. The molecule has 0 bridgehead atoms. The highest BCUT2D eigenvalue weighted by molar-refractivity contribution is 5.79. The van der Waals surface area contributed by atoms with Crippen LogP contribution < -0.4 is 0 Å². The molecular weight excluding hydrogens is 246 g/mol. The Hall–Kier alpha value is -2.31. The first kappa shape index (κ1) is 11.8. The van der Waals surface area contributed by atoms with Gasteiger partial charge in [0.1, 0.15) is 6.33 Å². The summed E-state index contributed by atoms with van der Waals surface area (Å²) in [7, 11) is 0. The van der Waals surface area contributed by atoms with E-state index in [1.165, 1.54) is 6.33 Å². The fourth-order valence-electron chi connectivity index (χ4n) is 2.34. The molecular formula is C12H13N5O2.